The highest BCUT2D eigenvalue weighted by Crippen LogP contribution is 2.19. The minimum absolute atomic E-state index is 0.348. The van der Waals surface area contributed by atoms with E-state index in [0.29, 0.717) is 18.7 Å². The second kappa shape index (κ2) is 5.30. The summed E-state index contributed by atoms with van der Waals surface area (Å²) in [5.41, 5.74) is 6.39. The van der Waals surface area contributed by atoms with Gasteiger partial charge in [-0.25, -0.2) is 13.8 Å². The molecular weight excluding hydrogens is 262 g/mol. The molecule has 0 radical (unpaired) electrons. The van der Waals surface area contributed by atoms with Crippen LogP contribution in [0.1, 0.15) is 17.4 Å². The van der Waals surface area contributed by atoms with E-state index in [-0.39, 0.29) is 0 Å². The first-order valence-corrected chi connectivity index (χ1v) is 6.56. The highest BCUT2D eigenvalue weighted by molar-refractivity contribution is 5.22. The molecule has 0 amide bonds. The molecule has 2 heterocycles. The second-order valence-corrected chi connectivity index (χ2v) is 5.04. The average molecular weight is 278 g/mol. The highest BCUT2D eigenvalue weighted by atomic mass is 19.1. The van der Waals surface area contributed by atoms with Crippen LogP contribution in [0.25, 0.3) is 0 Å². The smallest absolute Gasteiger partial charge is 0.130 e. The second-order valence-electron chi connectivity index (χ2n) is 5.04. The van der Waals surface area contributed by atoms with Gasteiger partial charge >= 0.3 is 0 Å². The van der Waals surface area contributed by atoms with Crippen LogP contribution >= 0.6 is 0 Å². The van der Waals surface area contributed by atoms with Gasteiger partial charge in [0.25, 0.3) is 0 Å². The molecule has 4 nitrogen and oxygen atoms in total. The van der Waals surface area contributed by atoms with E-state index in [1.807, 2.05) is 6.20 Å². The van der Waals surface area contributed by atoms with Gasteiger partial charge in [0.1, 0.15) is 17.5 Å². The Labute approximate surface area is 115 Å². The van der Waals surface area contributed by atoms with E-state index in [4.69, 9.17) is 5.73 Å². The Bertz CT molecular complexity index is 611. The summed E-state index contributed by atoms with van der Waals surface area (Å²) in [5.74, 6) is -0.183. The van der Waals surface area contributed by atoms with Gasteiger partial charge in [0.05, 0.1) is 6.54 Å². The number of benzene rings is 1. The standard InChI is InChI=1S/C14H16F2N4/c15-10-1-2-11(12(16)7-10)13(17)8-19-5-6-20-4-3-18-14(20)9-19/h1-4,7,13H,5-6,8-9,17H2. The quantitative estimate of drug-likeness (QED) is 0.929. The minimum atomic E-state index is -0.587. The van der Waals surface area contributed by atoms with Crippen molar-refractivity contribution in [2.45, 2.75) is 19.1 Å². The van der Waals surface area contributed by atoms with Crippen LogP contribution in [0.2, 0.25) is 0 Å². The molecule has 1 aromatic carbocycles. The van der Waals surface area contributed by atoms with Gasteiger partial charge in [-0.15, -0.1) is 0 Å². The van der Waals surface area contributed by atoms with E-state index in [1.54, 1.807) is 6.20 Å². The van der Waals surface area contributed by atoms with Gasteiger partial charge in [0.15, 0.2) is 0 Å². The van der Waals surface area contributed by atoms with Crippen molar-refractivity contribution in [2.24, 2.45) is 5.73 Å². The number of rotatable bonds is 3. The lowest BCUT2D eigenvalue weighted by Gasteiger charge is -2.29. The number of halogens is 2. The topological polar surface area (TPSA) is 47.1 Å². The van der Waals surface area contributed by atoms with E-state index < -0.39 is 17.7 Å². The fourth-order valence-corrected chi connectivity index (χ4v) is 2.56. The van der Waals surface area contributed by atoms with Crippen molar-refractivity contribution in [2.75, 3.05) is 13.1 Å². The maximum atomic E-state index is 13.7. The van der Waals surface area contributed by atoms with Crippen molar-refractivity contribution in [3.05, 3.63) is 53.6 Å². The van der Waals surface area contributed by atoms with E-state index in [1.165, 1.54) is 12.1 Å². The van der Waals surface area contributed by atoms with E-state index >= 15 is 0 Å². The summed E-state index contributed by atoms with van der Waals surface area (Å²) in [6, 6.07) is 3.05. The fourth-order valence-electron chi connectivity index (χ4n) is 2.56. The van der Waals surface area contributed by atoms with Crippen LogP contribution in [-0.2, 0) is 13.1 Å². The predicted molar refractivity (Wildman–Crippen MR) is 70.8 cm³/mol. The monoisotopic (exact) mass is 278 g/mol. The Morgan fingerprint density at radius 1 is 1.30 bits per heavy atom. The molecule has 20 heavy (non-hydrogen) atoms. The largest absolute Gasteiger partial charge is 0.333 e. The van der Waals surface area contributed by atoms with Crippen LogP contribution in [0.15, 0.2) is 30.6 Å². The molecule has 0 spiro atoms. The number of hydrogen-bond donors (Lipinski definition) is 1. The van der Waals surface area contributed by atoms with Crippen LogP contribution in [0.3, 0.4) is 0 Å². The van der Waals surface area contributed by atoms with Gasteiger partial charge in [-0.1, -0.05) is 6.07 Å². The molecule has 0 bridgehead atoms. The van der Waals surface area contributed by atoms with Gasteiger partial charge < -0.3 is 10.3 Å². The van der Waals surface area contributed by atoms with Gasteiger partial charge in [-0.3, -0.25) is 4.90 Å². The van der Waals surface area contributed by atoms with Crippen molar-refractivity contribution >= 4 is 0 Å². The van der Waals surface area contributed by atoms with Crippen LogP contribution < -0.4 is 5.73 Å². The van der Waals surface area contributed by atoms with Crippen molar-refractivity contribution in [1.29, 1.82) is 0 Å². The summed E-state index contributed by atoms with van der Waals surface area (Å²) in [5, 5.41) is 0. The number of hydrogen-bond acceptors (Lipinski definition) is 3. The molecule has 106 valence electrons. The molecule has 6 heteroatoms. The molecular formula is C14H16F2N4. The maximum absolute atomic E-state index is 13.7. The molecule has 0 saturated heterocycles. The van der Waals surface area contributed by atoms with Crippen LogP contribution in [0.5, 0.6) is 0 Å². The van der Waals surface area contributed by atoms with Crippen molar-refractivity contribution < 1.29 is 8.78 Å². The number of imidazole rings is 1. The third-order valence-electron chi connectivity index (χ3n) is 3.64. The normalized spacial score (nSPS) is 16.9. The third-order valence-corrected chi connectivity index (χ3v) is 3.64. The van der Waals surface area contributed by atoms with Gasteiger partial charge in [0.2, 0.25) is 0 Å². The summed E-state index contributed by atoms with van der Waals surface area (Å²) in [4.78, 5) is 6.41. The number of fused-ring (bicyclic) bond motifs is 1. The Hall–Kier alpha value is -1.79. The summed E-state index contributed by atoms with van der Waals surface area (Å²) in [7, 11) is 0. The van der Waals surface area contributed by atoms with E-state index in [0.717, 1.165) is 25.0 Å². The molecule has 2 N–H and O–H groups in total. The molecule has 0 saturated carbocycles. The first kappa shape index (κ1) is 13.2. The molecule has 1 unspecified atom stereocenters. The van der Waals surface area contributed by atoms with Gasteiger partial charge in [0, 0.05) is 49.7 Å². The predicted octanol–water partition coefficient (Wildman–Crippen LogP) is 1.68. The molecule has 1 aliphatic heterocycles. The first-order chi connectivity index (χ1) is 9.63. The molecule has 1 atom stereocenters. The average Bonchev–Trinajstić information content (AvgIpc) is 2.85. The Morgan fingerprint density at radius 3 is 2.95 bits per heavy atom. The maximum Gasteiger partial charge on any atom is 0.130 e. The van der Waals surface area contributed by atoms with Gasteiger partial charge in [-0.05, 0) is 6.07 Å². The number of aromatic nitrogens is 2. The molecule has 1 aliphatic rings. The summed E-state index contributed by atoms with van der Waals surface area (Å²) >= 11 is 0. The summed E-state index contributed by atoms with van der Waals surface area (Å²) in [6.07, 6.45) is 3.73. The SMILES string of the molecule is NC(CN1CCn2ccnc2C1)c1ccc(F)cc1F. The number of nitrogens with two attached hydrogens (primary N) is 1. The van der Waals surface area contributed by atoms with Crippen molar-refractivity contribution in [3.63, 3.8) is 0 Å². The van der Waals surface area contributed by atoms with E-state index in [9.17, 15) is 8.78 Å². The molecule has 0 aliphatic carbocycles. The van der Waals surface area contributed by atoms with Crippen LogP contribution in [0.4, 0.5) is 8.78 Å². The lowest BCUT2D eigenvalue weighted by atomic mass is 10.1. The van der Waals surface area contributed by atoms with Crippen LogP contribution in [-0.4, -0.2) is 27.5 Å². The third kappa shape index (κ3) is 2.57. The lowest BCUT2D eigenvalue weighted by molar-refractivity contribution is 0.204. The summed E-state index contributed by atoms with van der Waals surface area (Å²) in [6.45, 7) is 2.92. The summed E-state index contributed by atoms with van der Waals surface area (Å²) < 4.78 is 28.7. The van der Waals surface area contributed by atoms with Crippen molar-refractivity contribution in [3.8, 4) is 0 Å². The molecule has 0 fully saturated rings. The fraction of sp³-hybridized carbons (Fsp3) is 0.357. The molecule has 3 rings (SSSR count). The Kier molecular flexibility index (Phi) is 3.50. The molecule has 1 aromatic heterocycles. The zero-order valence-electron chi connectivity index (χ0n) is 11.0. The lowest BCUT2D eigenvalue weighted by Crippen LogP contribution is -2.38. The van der Waals surface area contributed by atoms with Crippen molar-refractivity contribution in [1.82, 2.24) is 14.5 Å². The van der Waals surface area contributed by atoms with E-state index in [2.05, 4.69) is 14.5 Å². The molecule has 2 aromatic rings. The zero-order chi connectivity index (χ0) is 14.1. The minimum Gasteiger partial charge on any atom is -0.333 e. The Balaban J connectivity index is 1.69. The highest BCUT2D eigenvalue weighted by Gasteiger charge is 2.20. The number of nitrogens with zero attached hydrogens (tertiary/aromatic N) is 3. The van der Waals surface area contributed by atoms with Gasteiger partial charge in [-0.2, -0.15) is 0 Å². The first-order valence-electron chi connectivity index (χ1n) is 6.56. The Morgan fingerprint density at radius 2 is 2.15 bits per heavy atom. The van der Waals surface area contributed by atoms with Crippen LogP contribution in [0, 0.1) is 11.6 Å². The zero-order valence-corrected chi connectivity index (χ0v) is 11.0.